The van der Waals surface area contributed by atoms with Gasteiger partial charge in [0.1, 0.15) is 0 Å². The summed E-state index contributed by atoms with van der Waals surface area (Å²) in [5.74, 6) is 3.19. The molecule has 2 fully saturated rings. The van der Waals surface area contributed by atoms with Crippen molar-refractivity contribution in [3.63, 3.8) is 0 Å². The molecule has 1 atom stereocenters. The maximum atomic E-state index is 2.52. The van der Waals surface area contributed by atoms with Crippen LogP contribution in [0.4, 0.5) is 0 Å². The van der Waals surface area contributed by atoms with Gasteiger partial charge in [-0.25, -0.2) is 0 Å². The van der Waals surface area contributed by atoms with Crippen LogP contribution in [0.5, 0.6) is 0 Å². The van der Waals surface area contributed by atoms with Crippen molar-refractivity contribution in [2.75, 3.05) is 0 Å². The zero-order valence-corrected chi connectivity index (χ0v) is 11.9. The average Bonchev–Trinajstić information content (AvgIpc) is 2.41. The molecule has 0 radical (unpaired) electrons. The van der Waals surface area contributed by atoms with Gasteiger partial charge in [0, 0.05) is 0 Å². The molecule has 17 heavy (non-hydrogen) atoms. The predicted octanol–water partition coefficient (Wildman–Crippen LogP) is 5.95. The summed E-state index contributed by atoms with van der Waals surface area (Å²) in [7, 11) is 0. The van der Waals surface area contributed by atoms with Crippen LogP contribution in [-0.4, -0.2) is 0 Å². The van der Waals surface area contributed by atoms with Crippen molar-refractivity contribution >= 4 is 0 Å². The Morgan fingerprint density at radius 3 is 2.06 bits per heavy atom. The molecule has 2 aliphatic rings. The molecule has 0 heteroatoms. The van der Waals surface area contributed by atoms with Crippen molar-refractivity contribution < 1.29 is 0 Å². The van der Waals surface area contributed by atoms with Gasteiger partial charge in [0.25, 0.3) is 0 Å². The Morgan fingerprint density at radius 2 is 1.41 bits per heavy atom. The summed E-state index contributed by atoms with van der Waals surface area (Å²) in [6.07, 6.45) is 19.8. The van der Waals surface area contributed by atoms with E-state index in [4.69, 9.17) is 0 Å². The maximum Gasteiger partial charge on any atom is -0.0388 e. The van der Waals surface area contributed by atoms with Crippen LogP contribution in [0.15, 0.2) is 0 Å². The van der Waals surface area contributed by atoms with Gasteiger partial charge in [-0.15, -0.1) is 0 Å². The van der Waals surface area contributed by atoms with Crippen molar-refractivity contribution in [1.82, 2.24) is 0 Å². The Morgan fingerprint density at radius 1 is 0.824 bits per heavy atom. The summed E-state index contributed by atoms with van der Waals surface area (Å²) in [6.45, 7) is 2.52. The molecule has 0 spiro atoms. The normalized spacial score (nSPS) is 25.9. The molecule has 2 saturated carbocycles. The monoisotopic (exact) mass is 236 g/mol. The summed E-state index contributed by atoms with van der Waals surface area (Å²) in [5.41, 5.74) is 0. The highest BCUT2D eigenvalue weighted by Gasteiger charge is 2.20. The Bertz CT molecular complexity index is 184. The largest absolute Gasteiger partial charge is 0.0622 e. The zero-order chi connectivity index (χ0) is 11.9. The fourth-order valence-corrected chi connectivity index (χ4v) is 4.14. The molecule has 2 aliphatic carbocycles. The number of hydrogen-bond donors (Lipinski definition) is 0. The summed E-state index contributed by atoms with van der Waals surface area (Å²) in [6, 6.07) is 0. The highest BCUT2D eigenvalue weighted by Crippen LogP contribution is 2.34. The lowest BCUT2D eigenvalue weighted by molar-refractivity contribution is 0.238. The Kier molecular flexibility index (Phi) is 5.88. The van der Waals surface area contributed by atoms with Gasteiger partial charge in [0.2, 0.25) is 0 Å². The van der Waals surface area contributed by atoms with Gasteiger partial charge in [0.05, 0.1) is 0 Å². The Hall–Kier alpha value is 0. The molecule has 0 N–H and O–H groups in total. The van der Waals surface area contributed by atoms with Gasteiger partial charge in [0.15, 0.2) is 0 Å². The molecule has 0 aromatic rings. The van der Waals surface area contributed by atoms with Crippen LogP contribution < -0.4 is 0 Å². The van der Waals surface area contributed by atoms with Crippen LogP contribution in [0.25, 0.3) is 0 Å². The molecule has 0 heterocycles. The first kappa shape index (κ1) is 13.4. The lowest BCUT2D eigenvalue weighted by Crippen LogP contribution is -2.15. The van der Waals surface area contributed by atoms with Gasteiger partial charge in [-0.2, -0.15) is 0 Å². The smallest absolute Gasteiger partial charge is 0.0388 e. The zero-order valence-electron chi connectivity index (χ0n) is 11.9. The van der Waals surface area contributed by atoms with Gasteiger partial charge in [-0.05, 0) is 17.8 Å². The molecule has 0 saturated heterocycles. The van der Waals surface area contributed by atoms with Crippen LogP contribution >= 0.6 is 0 Å². The summed E-state index contributed by atoms with van der Waals surface area (Å²) >= 11 is 0. The third-order valence-electron chi connectivity index (χ3n) is 5.45. The van der Waals surface area contributed by atoms with Crippen molar-refractivity contribution in [3.8, 4) is 0 Å². The minimum absolute atomic E-state index is 1.01. The van der Waals surface area contributed by atoms with E-state index >= 15 is 0 Å². The molecule has 0 aromatic heterocycles. The van der Waals surface area contributed by atoms with Crippen molar-refractivity contribution in [2.45, 2.75) is 90.4 Å². The van der Waals surface area contributed by atoms with Gasteiger partial charge in [-0.3, -0.25) is 0 Å². The first-order valence-electron chi connectivity index (χ1n) is 8.36. The second-order valence-electron chi connectivity index (χ2n) is 6.81. The van der Waals surface area contributed by atoms with Gasteiger partial charge in [-0.1, -0.05) is 90.4 Å². The number of rotatable bonds is 5. The van der Waals surface area contributed by atoms with E-state index in [1.807, 2.05) is 0 Å². The van der Waals surface area contributed by atoms with E-state index in [1.165, 1.54) is 83.5 Å². The molecule has 0 aliphatic heterocycles. The van der Waals surface area contributed by atoms with E-state index in [1.54, 1.807) is 0 Å². The summed E-state index contributed by atoms with van der Waals surface area (Å²) in [5, 5.41) is 0. The van der Waals surface area contributed by atoms with Crippen LogP contribution in [0, 0.1) is 17.8 Å². The van der Waals surface area contributed by atoms with Crippen molar-refractivity contribution in [2.24, 2.45) is 17.8 Å². The summed E-state index contributed by atoms with van der Waals surface area (Å²) in [4.78, 5) is 0. The molecule has 0 nitrogen and oxygen atoms in total. The molecule has 2 rings (SSSR count). The standard InChI is InChI=1S/C17H32/c1-15(17-13-6-3-7-14-17)9-8-12-16-10-4-2-5-11-16/h15-17H,2-14H2,1H3. The van der Waals surface area contributed by atoms with E-state index in [0.29, 0.717) is 0 Å². The Labute approximate surface area is 109 Å². The number of hydrogen-bond acceptors (Lipinski definition) is 0. The molecule has 0 bridgehead atoms. The minimum Gasteiger partial charge on any atom is -0.0622 e. The molecule has 1 unspecified atom stereocenters. The van der Waals surface area contributed by atoms with Crippen molar-refractivity contribution in [1.29, 1.82) is 0 Å². The quantitative estimate of drug-likeness (QED) is 0.553. The van der Waals surface area contributed by atoms with Crippen LogP contribution in [0.1, 0.15) is 90.4 Å². The first-order valence-corrected chi connectivity index (χ1v) is 8.36. The lowest BCUT2D eigenvalue weighted by Gasteiger charge is -2.28. The van der Waals surface area contributed by atoms with Crippen LogP contribution in [0.3, 0.4) is 0 Å². The molecule has 100 valence electrons. The minimum atomic E-state index is 1.01. The van der Waals surface area contributed by atoms with E-state index in [-0.39, 0.29) is 0 Å². The average molecular weight is 236 g/mol. The van der Waals surface area contributed by atoms with Gasteiger partial charge < -0.3 is 0 Å². The Balaban J connectivity index is 1.57. The van der Waals surface area contributed by atoms with Gasteiger partial charge >= 0.3 is 0 Å². The maximum absolute atomic E-state index is 2.52. The van der Waals surface area contributed by atoms with E-state index in [0.717, 1.165) is 17.8 Å². The topological polar surface area (TPSA) is 0 Å². The fraction of sp³-hybridized carbons (Fsp3) is 1.00. The van der Waals surface area contributed by atoms with E-state index < -0.39 is 0 Å². The molecule has 0 amide bonds. The van der Waals surface area contributed by atoms with Crippen LogP contribution in [0.2, 0.25) is 0 Å². The van der Waals surface area contributed by atoms with Crippen molar-refractivity contribution in [3.05, 3.63) is 0 Å². The van der Waals surface area contributed by atoms with E-state index in [9.17, 15) is 0 Å². The van der Waals surface area contributed by atoms with Crippen LogP contribution in [-0.2, 0) is 0 Å². The summed E-state index contributed by atoms with van der Waals surface area (Å²) < 4.78 is 0. The third-order valence-corrected chi connectivity index (χ3v) is 5.45. The SMILES string of the molecule is CC(CCCC1CCCCC1)C1CCCCC1. The predicted molar refractivity (Wildman–Crippen MR) is 76.2 cm³/mol. The fourth-order valence-electron chi connectivity index (χ4n) is 4.14. The second kappa shape index (κ2) is 7.44. The second-order valence-corrected chi connectivity index (χ2v) is 6.81. The van der Waals surface area contributed by atoms with E-state index in [2.05, 4.69) is 6.92 Å². The molecule has 0 aromatic carbocycles. The third kappa shape index (κ3) is 4.64. The first-order chi connectivity index (χ1) is 8.36. The molecular formula is C17H32. The molecular weight excluding hydrogens is 204 g/mol. The highest BCUT2D eigenvalue weighted by atomic mass is 14.3. The highest BCUT2D eigenvalue weighted by molar-refractivity contribution is 4.72. The lowest BCUT2D eigenvalue weighted by atomic mass is 9.78.